The molecule has 0 fully saturated rings. The number of hydrogen-bond donors (Lipinski definition) is 0. The van der Waals surface area contributed by atoms with Gasteiger partial charge >= 0.3 is 0 Å². The van der Waals surface area contributed by atoms with E-state index in [-0.39, 0.29) is 11.3 Å². The minimum atomic E-state index is -3.25. The van der Waals surface area contributed by atoms with Crippen LogP contribution in [-0.4, -0.2) is 24.5 Å². The number of rotatable bonds is 4. The fourth-order valence-corrected chi connectivity index (χ4v) is 3.35. The lowest BCUT2D eigenvalue weighted by molar-refractivity contribution is 0.602. The van der Waals surface area contributed by atoms with Crippen molar-refractivity contribution >= 4 is 25.8 Å². The first kappa shape index (κ1) is 17.4. The molecule has 126 valence electrons. The van der Waals surface area contributed by atoms with Gasteiger partial charge < -0.3 is 0 Å². The van der Waals surface area contributed by atoms with Crippen LogP contribution >= 0.6 is 15.9 Å². The maximum atomic E-state index is 11.6. The number of halogens is 1. The normalized spacial score (nSPS) is 11.2. The molecular weight excluding hydrogens is 402 g/mol. The summed E-state index contributed by atoms with van der Waals surface area (Å²) in [5, 5.41) is 13.4. The van der Waals surface area contributed by atoms with Gasteiger partial charge in [0.1, 0.15) is 0 Å². The zero-order valence-corrected chi connectivity index (χ0v) is 15.8. The summed E-state index contributed by atoms with van der Waals surface area (Å²) in [5.74, 6) is 0. The molecule has 5 nitrogen and oxygen atoms in total. The van der Waals surface area contributed by atoms with Crippen LogP contribution in [0.1, 0.15) is 5.69 Å². The third-order valence-electron chi connectivity index (χ3n) is 3.67. The largest absolute Gasteiger partial charge is 0.233 e. The minimum absolute atomic E-state index is 0.206. The Bertz CT molecular complexity index is 1050. The van der Waals surface area contributed by atoms with Crippen molar-refractivity contribution in [3.8, 4) is 23.0 Å². The van der Waals surface area contributed by atoms with Crippen LogP contribution in [-0.2, 0) is 16.3 Å². The number of sulfone groups is 1. The number of aromatic nitrogens is 2. The first-order valence-electron chi connectivity index (χ1n) is 7.41. The second kappa shape index (κ2) is 6.82. The van der Waals surface area contributed by atoms with E-state index in [9.17, 15) is 8.42 Å². The molecule has 0 atom stereocenters. The SMILES string of the molecule is CS(=O)(=O)c1ccc(-n2nc(CC#N)cc2-c2ccc(Br)cc2)cc1. The van der Waals surface area contributed by atoms with Crippen LogP contribution in [0.2, 0.25) is 0 Å². The Labute approximate surface area is 154 Å². The Morgan fingerprint density at radius 3 is 2.32 bits per heavy atom. The summed E-state index contributed by atoms with van der Waals surface area (Å²) in [4.78, 5) is 0.255. The first-order valence-corrected chi connectivity index (χ1v) is 10.1. The molecule has 0 amide bonds. The molecule has 1 heterocycles. The summed E-state index contributed by atoms with van der Waals surface area (Å²) >= 11 is 3.42. The summed E-state index contributed by atoms with van der Waals surface area (Å²) < 4.78 is 25.9. The minimum Gasteiger partial charge on any atom is -0.233 e. The Morgan fingerprint density at radius 2 is 1.76 bits per heavy atom. The van der Waals surface area contributed by atoms with Gasteiger partial charge in [-0.3, -0.25) is 0 Å². The number of nitrogens with zero attached hydrogens (tertiary/aromatic N) is 3. The quantitative estimate of drug-likeness (QED) is 0.649. The Morgan fingerprint density at radius 1 is 1.12 bits per heavy atom. The first-order chi connectivity index (χ1) is 11.9. The lowest BCUT2D eigenvalue weighted by Gasteiger charge is -2.08. The molecule has 0 aliphatic carbocycles. The Kier molecular flexibility index (Phi) is 4.75. The van der Waals surface area contributed by atoms with Crippen LogP contribution < -0.4 is 0 Å². The molecule has 3 aromatic rings. The zero-order chi connectivity index (χ0) is 18.0. The fraction of sp³-hybridized carbons (Fsp3) is 0.111. The van der Waals surface area contributed by atoms with E-state index in [1.165, 1.54) is 6.26 Å². The van der Waals surface area contributed by atoms with Gasteiger partial charge in [-0.1, -0.05) is 28.1 Å². The molecule has 0 bridgehead atoms. The monoisotopic (exact) mass is 415 g/mol. The van der Waals surface area contributed by atoms with Crippen molar-refractivity contribution in [1.29, 1.82) is 5.26 Å². The third-order valence-corrected chi connectivity index (χ3v) is 5.33. The lowest BCUT2D eigenvalue weighted by atomic mass is 10.1. The second-order valence-electron chi connectivity index (χ2n) is 5.54. The standard InChI is InChI=1S/C18H14BrN3O2S/c1-25(23,24)17-8-6-16(7-9-17)22-18(12-15(21-22)10-11-20)13-2-4-14(19)5-3-13/h2-9,12H,10H2,1H3. The smallest absolute Gasteiger partial charge is 0.175 e. The van der Waals surface area contributed by atoms with Gasteiger partial charge in [0.15, 0.2) is 9.84 Å². The van der Waals surface area contributed by atoms with Crippen molar-refractivity contribution < 1.29 is 8.42 Å². The third kappa shape index (κ3) is 3.81. The van der Waals surface area contributed by atoms with E-state index in [0.717, 1.165) is 21.4 Å². The second-order valence-corrected chi connectivity index (χ2v) is 8.47. The van der Waals surface area contributed by atoms with E-state index < -0.39 is 9.84 Å². The summed E-state index contributed by atoms with van der Waals surface area (Å²) in [6, 6.07) is 18.3. The molecule has 7 heteroatoms. The molecule has 25 heavy (non-hydrogen) atoms. The summed E-state index contributed by atoms with van der Waals surface area (Å²) in [7, 11) is -3.25. The highest BCUT2D eigenvalue weighted by atomic mass is 79.9. The number of hydrogen-bond acceptors (Lipinski definition) is 4. The Hall–Kier alpha value is -2.43. The van der Waals surface area contributed by atoms with Crippen molar-refractivity contribution in [1.82, 2.24) is 9.78 Å². The van der Waals surface area contributed by atoms with E-state index >= 15 is 0 Å². The maximum Gasteiger partial charge on any atom is 0.175 e. The average molecular weight is 416 g/mol. The number of nitriles is 1. The molecular formula is C18H14BrN3O2S. The highest BCUT2D eigenvalue weighted by Gasteiger charge is 2.13. The Balaban J connectivity index is 2.11. The van der Waals surface area contributed by atoms with Crippen LogP contribution in [0.3, 0.4) is 0 Å². The van der Waals surface area contributed by atoms with Crippen LogP contribution in [0, 0.1) is 11.3 Å². The van der Waals surface area contributed by atoms with Gasteiger partial charge in [-0.15, -0.1) is 0 Å². The van der Waals surface area contributed by atoms with Gasteiger partial charge in [-0.05, 0) is 42.5 Å². The molecule has 1 aromatic heterocycles. The molecule has 0 radical (unpaired) electrons. The molecule has 0 saturated carbocycles. The molecule has 0 N–H and O–H groups in total. The molecule has 3 rings (SSSR count). The molecule has 0 spiro atoms. The highest BCUT2D eigenvalue weighted by Crippen LogP contribution is 2.26. The van der Waals surface area contributed by atoms with E-state index in [1.807, 2.05) is 30.3 Å². The van der Waals surface area contributed by atoms with Gasteiger partial charge in [0.2, 0.25) is 0 Å². The van der Waals surface area contributed by atoms with Crippen molar-refractivity contribution in [2.45, 2.75) is 11.3 Å². The van der Waals surface area contributed by atoms with Crippen molar-refractivity contribution in [2.24, 2.45) is 0 Å². The van der Waals surface area contributed by atoms with Crippen LogP contribution in [0.25, 0.3) is 16.9 Å². The van der Waals surface area contributed by atoms with E-state index in [1.54, 1.807) is 28.9 Å². The summed E-state index contributed by atoms with van der Waals surface area (Å²) in [6.07, 6.45) is 1.38. The molecule has 0 aliphatic rings. The zero-order valence-electron chi connectivity index (χ0n) is 13.3. The van der Waals surface area contributed by atoms with Crippen LogP contribution in [0.15, 0.2) is 64.0 Å². The fourth-order valence-electron chi connectivity index (χ4n) is 2.46. The highest BCUT2D eigenvalue weighted by molar-refractivity contribution is 9.10. The van der Waals surface area contributed by atoms with E-state index in [0.29, 0.717) is 5.69 Å². The maximum absolute atomic E-state index is 11.6. The van der Waals surface area contributed by atoms with Gasteiger partial charge in [0.05, 0.1) is 34.5 Å². The average Bonchev–Trinajstić information content (AvgIpc) is 2.99. The van der Waals surface area contributed by atoms with Gasteiger partial charge in [0.25, 0.3) is 0 Å². The predicted molar refractivity (Wildman–Crippen MR) is 99.1 cm³/mol. The van der Waals surface area contributed by atoms with Crippen molar-refractivity contribution in [3.05, 3.63) is 64.8 Å². The summed E-state index contributed by atoms with van der Waals surface area (Å²) in [5.41, 5.74) is 3.18. The molecule has 2 aromatic carbocycles. The molecule has 0 saturated heterocycles. The van der Waals surface area contributed by atoms with Gasteiger partial charge in [-0.2, -0.15) is 10.4 Å². The van der Waals surface area contributed by atoms with Crippen LogP contribution in [0.5, 0.6) is 0 Å². The molecule has 0 aliphatic heterocycles. The van der Waals surface area contributed by atoms with Gasteiger partial charge in [0, 0.05) is 16.3 Å². The van der Waals surface area contributed by atoms with E-state index in [4.69, 9.17) is 5.26 Å². The van der Waals surface area contributed by atoms with Gasteiger partial charge in [-0.25, -0.2) is 13.1 Å². The summed E-state index contributed by atoms with van der Waals surface area (Å²) in [6.45, 7) is 0. The van der Waals surface area contributed by atoms with Crippen molar-refractivity contribution in [2.75, 3.05) is 6.26 Å². The molecule has 0 unspecified atom stereocenters. The topological polar surface area (TPSA) is 75.8 Å². The van der Waals surface area contributed by atoms with Crippen molar-refractivity contribution in [3.63, 3.8) is 0 Å². The van der Waals surface area contributed by atoms with Crippen LogP contribution in [0.4, 0.5) is 0 Å². The lowest BCUT2D eigenvalue weighted by Crippen LogP contribution is -2.02. The van der Waals surface area contributed by atoms with E-state index in [2.05, 4.69) is 27.1 Å². The predicted octanol–water partition coefficient (Wildman–Crippen LogP) is 3.77. The number of benzene rings is 2.